The molecule has 0 radical (unpaired) electrons. The molecular formula is C21H23N5O. The van der Waals surface area contributed by atoms with Crippen molar-refractivity contribution < 1.29 is 4.79 Å². The average Bonchev–Trinajstić information content (AvgIpc) is 3.34. The summed E-state index contributed by atoms with van der Waals surface area (Å²) in [5, 5.41) is 8.41. The molecule has 5 rings (SSSR count). The number of carbonyl (C=O) groups is 1. The number of aromatic nitrogens is 4. The summed E-state index contributed by atoms with van der Waals surface area (Å²) in [6.45, 7) is 4.24. The molecule has 2 atom stereocenters. The predicted octanol–water partition coefficient (Wildman–Crippen LogP) is 2.58. The number of hydrogen-bond donors (Lipinski definition) is 0. The van der Waals surface area contributed by atoms with Crippen LogP contribution in [0.2, 0.25) is 0 Å². The minimum atomic E-state index is -0.0224. The first-order valence-corrected chi connectivity index (χ1v) is 9.61. The summed E-state index contributed by atoms with van der Waals surface area (Å²) in [5.41, 5.74) is 2.36. The quantitative estimate of drug-likeness (QED) is 0.705. The third-order valence-electron chi connectivity index (χ3n) is 5.92. The molecule has 0 aliphatic carbocycles. The fraction of sp³-hybridized carbons (Fsp3) is 0.381. The molecule has 4 heterocycles. The summed E-state index contributed by atoms with van der Waals surface area (Å²) >= 11 is 0. The molecule has 1 aromatic carbocycles. The van der Waals surface area contributed by atoms with E-state index in [0.717, 1.165) is 37.6 Å². The summed E-state index contributed by atoms with van der Waals surface area (Å²) in [6.07, 6.45) is 3.77. The van der Waals surface area contributed by atoms with Crippen LogP contribution < -0.4 is 0 Å². The van der Waals surface area contributed by atoms with Crippen molar-refractivity contribution in [3.05, 3.63) is 71.6 Å². The Morgan fingerprint density at radius 2 is 1.93 bits per heavy atom. The molecule has 6 heteroatoms. The fourth-order valence-corrected chi connectivity index (χ4v) is 4.51. The van der Waals surface area contributed by atoms with Gasteiger partial charge in [-0.25, -0.2) is 0 Å². The van der Waals surface area contributed by atoms with Crippen molar-refractivity contribution in [3.8, 4) is 0 Å². The highest BCUT2D eigenvalue weighted by Crippen LogP contribution is 2.34. The van der Waals surface area contributed by atoms with Crippen molar-refractivity contribution >= 4 is 5.91 Å². The first-order valence-electron chi connectivity index (χ1n) is 9.61. The molecule has 0 saturated carbocycles. The molecule has 2 aromatic heterocycles. The maximum Gasteiger partial charge on any atom is 0.228 e. The molecule has 0 N–H and O–H groups in total. The number of amides is 1. The van der Waals surface area contributed by atoms with Gasteiger partial charge in [0.05, 0.1) is 12.0 Å². The lowest BCUT2D eigenvalue weighted by atomic mass is 9.94. The topological polar surface area (TPSA) is 56.0 Å². The monoisotopic (exact) mass is 361 g/mol. The van der Waals surface area contributed by atoms with Gasteiger partial charge in [0.1, 0.15) is 11.6 Å². The second-order valence-electron chi connectivity index (χ2n) is 7.48. The van der Waals surface area contributed by atoms with Crippen LogP contribution in [-0.2, 0) is 24.3 Å². The average molecular weight is 361 g/mol. The Morgan fingerprint density at radius 3 is 2.78 bits per heavy atom. The summed E-state index contributed by atoms with van der Waals surface area (Å²) in [7, 11) is 0. The van der Waals surface area contributed by atoms with Gasteiger partial charge in [0, 0.05) is 37.9 Å². The van der Waals surface area contributed by atoms with Gasteiger partial charge in [-0.1, -0.05) is 30.3 Å². The zero-order valence-electron chi connectivity index (χ0n) is 15.5. The van der Waals surface area contributed by atoms with Crippen LogP contribution in [0.25, 0.3) is 0 Å². The van der Waals surface area contributed by atoms with Crippen molar-refractivity contribution in [2.24, 2.45) is 5.92 Å². The summed E-state index contributed by atoms with van der Waals surface area (Å²) in [6, 6.07) is 14.6. The Labute approximate surface area is 158 Å². The van der Waals surface area contributed by atoms with Crippen LogP contribution in [0.1, 0.15) is 35.4 Å². The maximum atomic E-state index is 13.6. The molecule has 27 heavy (non-hydrogen) atoms. The van der Waals surface area contributed by atoms with Gasteiger partial charge in [-0.15, -0.1) is 10.2 Å². The number of benzene rings is 1. The fourth-order valence-electron chi connectivity index (χ4n) is 4.51. The molecule has 0 fully saturated rings. The highest BCUT2D eigenvalue weighted by Gasteiger charge is 2.37. The Kier molecular flexibility index (Phi) is 3.85. The first kappa shape index (κ1) is 16.3. The van der Waals surface area contributed by atoms with E-state index in [-0.39, 0.29) is 17.9 Å². The van der Waals surface area contributed by atoms with Gasteiger partial charge >= 0.3 is 0 Å². The molecule has 0 saturated heterocycles. The normalized spacial score (nSPS) is 21.6. The highest BCUT2D eigenvalue weighted by atomic mass is 16.2. The van der Waals surface area contributed by atoms with Crippen LogP contribution in [0.5, 0.6) is 0 Å². The van der Waals surface area contributed by atoms with E-state index in [1.54, 1.807) is 0 Å². The lowest BCUT2D eigenvalue weighted by molar-refractivity contribution is -0.139. The van der Waals surface area contributed by atoms with E-state index in [4.69, 9.17) is 0 Å². The Balaban J connectivity index is 1.48. The summed E-state index contributed by atoms with van der Waals surface area (Å²) in [4.78, 5) is 15.7. The third kappa shape index (κ3) is 2.67. The van der Waals surface area contributed by atoms with E-state index in [1.807, 2.05) is 25.1 Å². The van der Waals surface area contributed by atoms with E-state index in [2.05, 4.69) is 54.7 Å². The Bertz CT molecular complexity index is 974. The maximum absolute atomic E-state index is 13.6. The van der Waals surface area contributed by atoms with Crippen LogP contribution in [0.15, 0.2) is 48.7 Å². The van der Waals surface area contributed by atoms with Gasteiger partial charge in [-0.2, -0.15) is 0 Å². The van der Waals surface area contributed by atoms with E-state index in [9.17, 15) is 4.79 Å². The number of fused-ring (bicyclic) bond motifs is 2. The minimum absolute atomic E-state index is 0.0140. The molecule has 0 bridgehead atoms. The van der Waals surface area contributed by atoms with Gasteiger partial charge in [0.25, 0.3) is 0 Å². The van der Waals surface area contributed by atoms with Crippen molar-refractivity contribution in [1.29, 1.82) is 0 Å². The van der Waals surface area contributed by atoms with Gasteiger partial charge < -0.3 is 14.0 Å². The smallest absolute Gasteiger partial charge is 0.228 e. The second kappa shape index (κ2) is 6.37. The number of hydrogen-bond acceptors (Lipinski definition) is 3. The van der Waals surface area contributed by atoms with Crippen molar-refractivity contribution in [2.75, 3.05) is 6.54 Å². The van der Waals surface area contributed by atoms with Crippen molar-refractivity contribution in [2.45, 2.75) is 38.9 Å². The van der Waals surface area contributed by atoms with E-state index in [1.165, 1.54) is 11.3 Å². The predicted molar refractivity (Wildman–Crippen MR) is 101 cm³/mol. The molecule has 138 valence electrons. The van der Waals surface area contributed by atoms with Crippen LogP contribution in [-0.4, -0.2) is 36.7 Å². The number of carbonyl (C=O) groups excluding carboxylic acids is 1. The van der Waals surface area contributed by atoms with Crippen LogP contribution in [0.4, 0.5) is 0 Å². The molecule has 1 amide bonds. The van der Waals surface area contributed by atoms with Gasteiger partial charge in [0.2, 0.25) is 5.91 Å². The first-order chi connectivity index (χ1) is 13.2. The molecule has 2 aliphatic rings. The van der Waals surface area contributed by atoms with Crippen LogP contribution in [0.3, 0.4) is 0 Å². The second-order valence-corrected chi connectivity index (χ2v) is 7.48. The van der Waals surface area contributed by atoms with Crippen LogP contribution in [0, 0.1) is 12.8 Å². The Hall–Kier alpha value is -2.89. The lowest BCUT2D eigenvalue weighted by Crippen LogP contribution is -2.46. The zero-order valence-corrected chi connectivity index (χ0v) is 15.5. The lowest BCUT2D eigenvalue weighted by Gasteiger charge is -2.40. The van der Waals surface area contributed by atoms with E-state index < -0.39 is 0 Å². The summed E-state index contributed by atoms with van der Waals surface area (Å²) in [5.74, 6) is 2.13. The molecule has 0 unspecified atom stereocenters. The van der Waals surface area contributed by atoms with Crippen molar-refractivity contribution in [3.63, 3.8) is 0 Å². The van der Waals surface area contributed by atoms with Gasteiger partial charge in [0.15, 0.2) is 0 Å². The minimum Gasteiger partial charge on any atom is -0.348 e. The molecule has 3 aromatic rings. The molecule has 2 aliphatic heterocycles. The zero-order chi connectivity index (χ0) is 18.4. The molecule has 0 spiro atoms. The standard InChI is InChI=1S/C21H23N5O/c1-15-22-23-19-10-9-17(14-26(15)19)21(27)25-13-12-24-11-5-8-18(24)20(25)16-6-3-2-4-7-16/h2-8,11,17,20H,9-10,12-14H2,1H3/t17-,20-/m0/s1. The third-order valence-corrected chi connectivity index (χ3v) is 5.92. The largest absolute Gasteiger partial charge is 0.348 e. The molecule has 6 nitrogen and oxygen atoms in total. The van der Waals surface area contributed by atoms with Crippen molar-refractivity contribution in [1.82, 2.24) is 24.2 Å². The van der Waals surface area contributed by atoms with Gasteiger partial charge in [-0.05, 0) is 31.0 Å². The SMILES string of the molecule is Cc1nnc2n1C[C@@H](C(=O)N1CCn3cccc3[C@@H]1c1ccccc1)CC2. The number of rotatable bonds is 2. The van der Waals surface area contributed by atoms with E-state index in [0.29, 0.717) is 6.54 Å². The Morgan fingerprint density at radius 1 is 1.07 bits per heavy atom. The molecular weight excluding hydrogens is 338 g/mol. The highest BCUT2D eigenvalue weighted by molar-refractivity contribution is 5.80. The number of aryl methyl sites for hydroxylation is 2. The summed E-state index contributed by atoms with van der Waals surface area (Å²) < 4.78 is 4.38. The van der Waals surface area contributed by atoms with E-state index >= 15 is 0 Å². The number of nitrogens with zero attached hydrogens (tertiary/aromatic N) is 5. The van der Waals surface area contributed by atoms with Gasteiger partial charge in [-0.3, -0.25) is 4.79 Å². The van der Waals surface area contributed by atoms with Crippen LogP contribution >= 0.6 is 0 Å².